The molecule has 1 N–H and O–H groups in total. The molecule has 86 valence electrons. The summed E-state index contributed by atoms with van der Waals surface area (Å²) in [6, 6.07) is 5.55. The summed E-state index contributed by atoms with van der Waals surface area (Å²) in [6.07, 6.45) is 0. The number of hydrogen-bond acceptors (Lipinski definition) is 4. The second-order valence-corrected chi connectivity index (χ2v) is 4.37. The van der Waals surface area contributed by atoms with E-state index in [1.807, 2.05) is 32.0 Å². The lowest BCUT2D eigenvalue weighted by atomic mass is 10.00. The molecule has 0 unspecified atom stereocenters. The molecule has 0 aromatic heterocycles. The second kappa shape index (κ2) is 3.70. The molecule has 0 radical (unpaired) electrons. The van der Waals surface area contributed by atoms with Crippen LogP contribution in [-0.2, 0) is 4.79 Å². The van der Waals surface area contributed by atoms with Crippen LogP contribution in [0.5, 0.6) is 11.5 Å². The van der Waals surface area contributed by atoms with Crippen LogP contribution >= 0.6 is 0 Å². The molecule has 1 aliphatic heterocycles. The Balaban J connectivity index is 2.20. The third-order valence-corrected chi connectivity index (χ3v) is 2.71. The highest BCUT2D eigenvalue weighted by Crippen LogP contribution is 2.34. The van der Waals surface area contributed by atoms with Crippen molar-refractivity contribution in [3.63, 3.8) is 0 Å². The first-order valence-electron chi connectivity index (χ1n) is 5.18. The van der Waals surface area contributed by atoms with Crippen LogP contribution in [0.2, 0.25) is 0 Å². The van der Waals surface area contributed by atoms with Crippen LogP contribution in [0, 0.1) is 0 Å². The van der Waals surface area contributed by atoms with E-state index >= 15 is 0 Å². The summed E-state index contributed by atoms with van der Waals surface area (Å²) in [7, 11) is 0. The molecular formula is C12H15NO3. The van der Waals surface area contributed by atoms with E-state index < -0.39 is 5.54 Å². The number of nitrogens with one attached hydrogen (secondary N) is 1. The van der Waals surface area contributed by atoms with Gasteiger partial charge in [-0.2, -0.15) is 0 Å². The fourth-order valence-electron chi connectivity index (χ4n) is 1.42. The van der Waals surface area contributed by atoms with Gasteiger partial charge in [-0.1, -0.05) is 0 Å². The number of ether oxygens (including phenoxy) is 2. The highest BCUT2D eigenvalue weighted by atomic mass is 16.7. The van der Waals surface area contributed by atoms with Crippen molar-refractivity contribution in [2.45, 2.75) is 26.3 Å². The minimum absolute atomic E-state index is 0.0881. The largest absolute Gasteiger partial charge is 0.454 e. The van der Waals surface area contributed by atoms with Gasteiger partial charge in [-0.25, -0.2) is 0 Å². The zero-order valence-electron chi connectivity index (χ0n) is 9.66. The highest BCUT2D eigenvalue weighted by molar-refractivity contribution is 5.88. The lowest BCUT2D eigenvalue weighted by Crippen LogP contribution is -2.38. The molecule has 1 aromatic rings. The maximum absolute atomic E-state index is 11.4. The van der Waals surface area contributed by atoms with Crippen molar-refractivity contribution in [1.29, 1.82) is 0 Å². The number of benzene rings is 1. The van der Waals surface area contributed by atoms with E-state index in [9.17, 15) is 4.79 Å². The Morgan fingerprint density at radius 2 is 2.00 bits per heavy atom. The lowest BCUT2D eigenvalue weighted by Gasteiger charge is -2.24. The zero-order chi connectivity index (χ0) is 11.8. The smallest absolute Gasteiger partial charge is 0.231 e. The molecular weight excluding hydrogens is 206 g/mol. The quantitative estimate of drug-likeness (QED) is 0.850. The molecule has 0 saturated carbocycles. The number of anilines is 1. The average Bonchev–Trinajstić information content (AvgIpc) is 2.63. The molecule has 0 fully saturated rings. The molecule has 1 aromatic carbocycles. The number of rotatable bonds is 3. The summed E-state index contributed by atoms with van der Waals surface area (Å²) >= 11 is 0. The van der Waals surface area contributed by atoms with Gasteiger partial charge in [0.2, 0.25) is 6.79 Å². The summed E-state index contributed by atoms with van der Waals surface area (Å²) in [5, 5.41) is 3.16. The van der Waals surface area contributed by atoms with E-state index in [0.717, 1.165) is 11.4 Å². The molecule has 0 saturated heterocycles. The van der Waals surface area contributed by atoms with Crippen LogP contribution in [0.1, 0.15) is 20.8 Å². The first kappa shape index (κ1) is 10.8. The molecule has 0 atom stereocenters. The molecule has 4 nitrogen and oxygen atoms in total. The van der Waals surface area contributed by atoms with Gasteiger partial charge >= 0.3 is 0 Å². The van der Waals surface area contributed by atoms with Gasteiger partial charge in [0.15, 0.2) is 17.3 Å². The van der Waals surface area contributed by atoms with E-state index in [2.05, 4.69) is 5.32 Å². The third-order valence-electron chi connectivity index (χ3n) is 2.71. The number of hydrogen-bond donors (Lipinski definition) is 1. The van der Waals surface area contributed by atoms with Gasteiger partial charge in [0, 0.05) is 11.8 Å². The van der Waals surface area contributed by atoms with Crippen LogP contribution in [0.4, 0.5) is 5.69 Å². The first-order chi connectivity index (χ1) is 7.49. The number of Topliss-reactive ketones (excluding diaryl/α,β-unsaturated/α-hetero) is 1. The lowest BCUT2D eigenvalue weighted by molar-refractivity contribution is -0.120. The Morgan fingerprint density at radius 1 is 1.31 bits per heavy atom. The van der Waals surface area contributed by atoms with E-state index in [1.54, 1.807) is 6.92 Å². The van der Waals surface area contributed by atoms with Crippen molar-refractivity contribution >= 4 is 11.5 Å². The van der Waals surface area contributed by atoms with Crippen LogP contribution in [0.3, 0.4) is 0 Å². The minimum atomic E-state index is -0.576. The number of fused-ring (bicyclic) bond motifs is 1. The standard InChI is InChI=1S/C12H15NO3/c1-8(14)12(2,3)13-9-4-5-10-11(6-9)16-7-15-10/h4-6,13H,7H2,1-3H3. The Labute approximate surface area is 94.6 Å². The topological polar surface area (TPSA) is 47.6 Å². The summed E-state index contributed by atoms with van der Waals surface area (Å²) in [5.41, 5.74) is 0.276. The molecule has 2 rings (SSSR count). The molecule has 0 aliphatic carbocycles. The van der Waals surface area contributed by atoms with Crippen LogP contribution < -0.4 is 14.8 Å². The summed E-state index contributed by atoms with van der Waals surface area (Å²) in [6.45, 7) is 5.52. The maximum atomic E-state index is 11.4. The number of carbonyl (C=O) groups is 1. The molecule has 4 heteroatoms. The van der Waals surface area contributed by atoms with Gasteiger partial charge in [0.25, 0.3) is 0 Å². The van der Waals surface area contributed by atoms with Crippen molar-refractivity contribution in [3.05, 3.63) is 18.2 Å². The van der Waals surface area contributed by atoms with Crippen molar-refractivity contribution in [2.75, 3.05) is 12.1 Å². The SMILES string of the molecule is CC(=O)C(C)(C)Nc1ccc2c(c1)OCO2. The fourth-order valence-corrected chi connectivity index (χ4v) is 1.42. The van der Waals surface area contributed by atoms with Crippen LogP contribution in [0.15, 0.2) is 18.2 Å². The summed E-state index contributed by atoms with van der Waals surface area (Å²) < 4.78 is 10.5. The second-order valence-electron chi connectivity index (χ2n) is 4.37. The Hall–Kier alpha value is -1.71. The van der Waals surface area contributed by atoms with E-state index in [0.29, 0.717) is 5.75 Å². The highest BCUT2D eigenvalue weighted by Gasteiger charge is 2.24. The molecule has 0 bridgehead atoms. The Kier molecular flexibility index (Phi) is 2.50. The van der Waals surface area contributed by atoms with E-state index in [4.69, 9.17) is 9.47 Å². The first-order valence-corrected chi connectivity index (χ1v) is 5.18. The van der Waals surface area contributed by atoms with E-state index in [1.165, 1.54) is 0 Å². The van der Waals surface area contributed by atoms with Gasteiger partial charge in [-0.05, 0) is 32.9 Å². The van der Waals surface area contributed by atoms with Crippen molar-refractivity contribution in [2.24, 2.45) is 0 Å². The Bertz CT molecular complexity index is 426. The average molecular weight is 221 g/mol. The van der Waals surface area contributed by atoms with Gasteiger partial charge in [0.05, 0.1) is 5.54 Å². The van der Waals surface area contributed by atoms with Crippen molar-refractivity contribution < 1.29 is 14.3 Å². The predicted molar refractivity (Wildman–Crippen MR) is 60.9 cm³/mol. The predicted octanol–water partition coefficient (Wildman–Crippen LogP) is 2.19. The maximum Gasteiger partial charge on any atom is 0.231 e. The molecule has 1 aliphatic rings. The minimum Gasteiger partial charge on any atom is -0.454 e. The molecule has 16 heavy (non-hydrogen) atoms. The number of ketones is 1. The number of carbonyl (C=O) groups excluding carboxylic acids is 1. The Morgan fingerprint density at radius 3 is 2.69 bits per heavy atom. The van der Waals surface area contributed by atoms with Crippen LogP contribution in [0.25, 0.3) is 0 Å². The van der Waals surface area contributed by atoms with Gasteiger partial charge in [-0.15, -0.1) is 0 Å². The molecule has 0 spiro atoms. The van der Waals surface area contributed by atoms with Crippen molar-refractivity contribution in [3.8, 4) is 11.5 Å². The van der Waals surface area contributed by atoms with Crippen molar-refractivity contribution in [1.82, 2.24) is 0 Å². The zero-order valence-corrected chi connectivity index (χ0v) is 9.66. The monoisotopic (exact) mass is 221 g/mol. The normalized spacial score (nSPS) is 13.7. The fraction of sp³-hybridized carbons (Fsp3) is 0.417. The van der Waals surface area contributed by atoms with Gasteiger partial charge in [-0.3, -0.25) is 4.79 Å². The summed E-state index contributed by atoms with van der Waals surface area (Å²) in [4.78, 5) is 11.4. The third kappa shape index (κ3) is 1.96. The van der Waals surface area contributed by atoms with Crippen LogP contribution in [-0.4, -0.2) is 18.1 Å². The van der Waals surface area contributed by atoms with Gasteiger partial charge < -0.3 is 14.8 Å². The molecule has 1 heterocycles. The van der Waals surface area contributed by atoms with Gasteiger partial charge in [0.1, 0.15) is 0 Å². The summed E-state index contributed by atoms with van der Waals surface area (Å²) in [5.74, 6) is 1.54. The van der Waals surface area contributed by atoms with E-state index in [-0.39, 0.29) is 12.6 Å². The molecule has 0 amide bonds.